The zero-order valence-electron chi connectivity index (χ0n) is 9.50. The number of alkyl halides is 4. The van der Waals surface area contributed by atoms with Crippen LogP contribution in [0.5, 0.6) is 0 Å². The van der Waals surface area contributed by atoms with E-state index in [1.807, 2.05) is 0 Å². The van der Waals surface area contributed by atoms with Crippen LogP contribution in [0, 0.1) is 6.92 Å². The minimum atomic E-state index is -4.40. The average Bonchev–Trinajstić information content (AvgIpc) is 2.74. The molecule has 0 aliphatic heterocycles. The van der Waals surface area contributed by atoms with E-state index in [0.29, 0.717) is 10.9 Å². The van der Waals surface area contributed by atoms with Gasteiger partial charge in [-0.2, -0.15) is 18.3 Å². The molecule has 0 radical (unpaired) electrons. The molecule has 0 aliphatic rings. The van der Waals surface area contributed by atoms with Crippen LogP contribution in [0.2, 0.25) is 0 Å². The van der Waals surface area contributed by atoms with Crippen molar-refractivity contribution in [2.24, 2.45) is 0 Å². The Kier molecular flexibility index (Phi) is 3.47. The number of hydrogen-bond acceptors (Lipinski definition) is 1. The van der Waals surface area contributed by atoms with E-state index < -0.39 is 11.7 Å². The zero-order valence-corrected chi connectivity index (χ0v) is 11.1. The molecule has 0 atom stereocenters. The summed E-state index contributed by atoms with van der Waals surface area (Å²) in [6.45, 7) is 1.78. The minimum absolute atomic E-state index is 0.0419. The molecular formula is C12H10BrF3N2. The number of nitrogens with zero attached hydrogens (tertiary/aromatic N) is 2. The molecule has 2 aromatic rings. The summed E-state index contributed by atoms with van der Waals surface area (Å²) in [7, 11) is 0. The molecule has 1 aromatic carbocycles. The summed E-state index contributed by atoms with van der Waals surface area (Å²) in [6, 6.07) is 4.23. The van der Waals surface area contributed by atoms with Crippen LogP contribution in [0.25, 0.3) is 5.69 Å². The molecule has 0 spiro atoms. The van der Waals surface area contributed by atoms with Gasteiger partial charge in [0.25, 0.3) is 0 Å². The van der Waals surface area contributed by atoms with E-state index in [1.165, 1.54) is 16.9 Å². The predicted molar refractivity (Wildman–Crippen MR) is 65.9 cm³/mol. The number of aryl methyl sites for hydroxylation is 1. The van der Waals surface area contributed by atoms with Gasteiger partial charge in [0.1, 0.15) is 0 Å². The van der Waals surface area contributed by atoms with E-state index >= 15 is 0 Å². The van der Waals surface area contributed by atoms with Crippen molar-refractivity contribution in [2.75, 3.05) is 0 Å². The molecule has 1 aromatic heterocycles. The van der Waals surface area contributed by atoms with E-state index in [0.717, 1.165) is 11.6 Å². The van der Waals surface area contributed by atoms with Crippen molar-refractivity contribution < 1.29 is 13.2 Å². The van der Waals surface area contributed by atoms with Crippen LogP contribution in [0.3, 0.4) is 0 Å². The normalized spacial score (nSPS) is 11.8. The van der Waals surface area contributed by atoms with E-state index in [4.69, 9.17) is 0 Å². The van der Waals surface area contributed by atoms with E-state index in [2.05, 4.69) is 21.0 Å². The van der Waals surface area contributed by atoms with Crippen LogP contribution in [-0.2, 0) is 11.5 Å². The van der Waals surface area contributed by atoms with Gasteiger partial charge in [-0.3, -0.25) is 0 Å². The number of halogens is 4. The fraction of sp³-hybridized carbons (Fsp3) is 0.250. The van der Waals surface area contributed by atoms with Crippen molar-refractivity contribution in [3.05, 3.63) is 47.3 Å². The highest BCUT2D eigenvalue weighted by Gasteiger charge is 2.34. The first-order valence-electron chi connectivity index (χ1n) is 5.19. The fourth-order valence-electron chi connectivity index (χ4n) is 1.64. The summed E-state index contributed by atoms with van der Waals surface area (Å²) in [5, 5.41) is 4.30. The van der Waals surface area contributed by atoms with Crippen molar-refractivity contribution in [3.63, 3.8) is 0 Å². The lowest BCUT2D eigenvalue weighted by Crippen LogP contribution is -2.11. The van der Waals surface area contributed by atoms with E-state index in [1.54, 1.807) is 19.2 Å². The largest absolute Gasteiger partial charge is 0.418 e. The van der Waals surface area contributed by atoms with Gasteiger partial charge in [-0.25, -0.2) is 4.68 Å². The molecule has 0 N–H and O–H groups in total. The quantitative estimate of drug-likeness (QED) is 0.762. The van der Waals surface area contributed by atoms with Crippen molar-refractivity contribution >= 4 is 15.9 Å². The molecule has 1 heterocycles. The Labute approximate surface area is 111 Å². The summed E-state index contributed by atoms with van der Waals surface area (Å²) in [6.07, 6.45) is -1.30. The summed E-state index contributed by atoms with van der Waals surface area (Å²) >= 11 is 3.15. The number of aromatic nitrogens is 2. The SMILES string of the molecule is Cc1cnn(-c2ccc(CBr)cc2C(F)(F)F)c1. The third-order valence-electron chi connectivity index (χ3n) is 2.48. The van der Waals surface area contributed by atoms with Gasteiger partial charge in [-0.15, -0.1) is 0 Å². The Morgan fingerprint density at radius 3 is 2.56 bits per heavy atom. The second-order valence-corrected chi connectivity index (χ2v) is 4.51. The topological polar surface area (TPSA) is 17.8 Å². The van der Waals surface area contributed by atoms with Crippen molar-refractivity contribution in [1.82, 2.24) is 9.78 Å². The Hall–Kier alpha value is -1.30. The molecule has 0 bridgehead atoms. The third-order valence-corrected chi connectivity index (χ3v) is 3.13. The molecule has 0 saturated heterocycles. The maximum absolute atomic E-state index is 13.0. The Balaban J connectivity index is 2.60. The Morgan fingerprint density at radius 1 is 1.33 bits per heavy atom. The smallest absolute Gasteiger partial charge is 0.240 e. The van der Waals surface area contributed by atoms with Crippen molar-refractivity contribution in [2.45, 2.75) is 18.4 Å². The van der Waals surface area contributed by atoms with Crippen LogP contribution < -0.4 is 0 Å². The second kappa shape index (κ2) is 4.76. The van der Waals surface area contributed by atoms with Gasteiger partial charge in [0.05, 0.1) is 17.4 Å². The van der Waals surface area contributed by atoms with Gasteiger partial charge in [0, 0.05) is 11.5 Å². The van der Waals surface area contributed by atoms with E-state index in [9.17, 15) is 13.2 Å². The molecule has 18 heavy (non-hydrogen) atoms. The number of rotatable bonds is 2. The standard InChI is InChI=1S/C12H10BrF3N2/c1-8-6-17-18(7-8)11-3-2-9(5-13)4-10(11)12(14,15)16/h2-4,6-7H,5H2,1H3. The molecule has 0 unspecified atom stereocenters. The molecule has 0 aliphatic carbocycles. The van der Waals surface area contributed by atoms with Crippen LogP contribution in [0.4, 0.5) is 13.2 Å². The Bertz CT molecular complexity index is 561. The number of hydrogen-bond donors (Lipinski definition) is 0. The van der Waals surface area contributed by atoms with Gasteiger partial charge in [-0.1, -0.05) is 22.0 Å². The van der Waals surface area contributed by atoms with Crippen LogP contribution >= 0.6 is 15.9 Å². The monoisotopic (exact) mass is 318 g/mol. The maximum Gasteiger partial charge on any atom is 0.418 e. The van der Waals surface area contributed by atoms with E-state index in [-0.39, 0.29) is 5.69 Å². The average molecular weight is 319 g/mol. The van der Waals surface area contributed by atoms with Gasteiger partial charge in [-0.05, 0) is 30.2 Å². The maximum atomic E-state index is 13.0. The molecule has 2 nitrogen and oxygen atoms in total. The first-order valence-corrected chi connectivity index (χ1v) is 6.31. The molecule has 0 amide bonds. The molecule has 96 valence electrons. The summed E-state index contributed by atoms with van der Waals surface area (Å²) in [5.41, 5.74) is 0.755. The third kappa shape index (κ3) is 2.58. The zero-order chi connectivity index (χ0) is 13.3. The van der Waals surface area contributed by atoms with Crippen molar-refractivity contribution in [3.8, 4) is 5.69 Å². The molecular weight excluding hydrogens is 309 g/mol. The van der Waals surface area contributed by atoms with Crippen LogP contribution in [0.1, 0.15) is 16.7 Å². The first kappa shape index (κ1) is 13.1. The van der Waals surface area contributed by atoms with Gasteiger partial charge < -0.3 is 0 Å². The van der Waals surface area contributed by atoms with Crippen molar-refractivity contribution in [1.29, 1.82) is 0 Å². The first-order chi connectivity index (χ1) is 8.41. The molecule has 6 heteroatoms. The lowest BCUT2D eigenvalue weighted by molar-refractivity contribution is -0.137. The minimum Gasteiger partial charge on any atom is -0.240 e. The highest BCUT2D eigenvalue weighted by atomic mass is 79.9. The molecule has 0 saturated carbocycles. The van der Waals surface area contributed by atoms with Gasteiger partial charge in [0.2, 0.25) is 0 Å². The van der Waals surface area contributed by atoms with Gasteiger partial charge >= 0.3 is 6.18 Å². The predicted octanol–water partition coefficient (Wildman–Crippen LogP) is 4.09. The summed E-state index contributed by atoms with van der Waals surface area (Å²) in [4.78, 5) is 0. The summed E-state index contributed by atoms with van der Waals surface area (Å²) < 4.78 is 40.2. The highest BCUT2D eigenvalue weighted by molar-refractivity contribution is 9.08. The van der Waals surface area contributed by atoms with Crippen LogP contribution in [0.15, 0.2) is 30.6 Å². The van der Waals surface area contributed by atoms with Gasteiger partial charge in [0.15, 0.2) is 0 Å². The molecule has 0 fully saturated rings. The molecule has 2 rings (SSSR count). The van der Waals surface area contributed by atoms with Crippen LogP contribution in [-0.4, -0.2) is 9.78 Å². The summed E-state index contributed by atoms with van der Waals surface area (Å²) in [5.74, 6) is 0. The number of benzene rings is 1. The highest BCUT2D eigenvalue weighted by Crippen LogP contribution is 2.34. The fourth-order valence-corrected chi connectivity index (χ4v) is 1.99. The Morgan fingerprint density at radius 2 is 2.06 bits per heavy atom. The second-order valence-electron chi connectivity index (χ2n) is 3.95. The lowest BCUT2D eigenvalue weighted by Gasteiger charge is -2.13. The lowest BCUT2D eigenvalue weighted by atomic mass is 10.1.